The second-order valence-electron chi connectivity index (χ2n) is 5.48. The molecule has 1 unspecified atom stereocenters. The highest BCUT2D eigenvalue weighted by molar-refractivity contribution is 14.0. The van der Waals surface area contributed by atoms with Crippen molar-refractivity contribution < 1.29 is 4.74 Å². The average Bonchev–Trinajstić information content (AvgIpc) is 2.48. The van der Waals surface area contributed by atoms with Gasteiger partial charge in [0, 0.05) is 33.3 Å². The molecule has 0 saturated heterocycles. The van der Waals surface area contributed by atoms with Crippen molar-refractivity contribution in [1.29, 1.82) is 0 Å². The van der Waals surface area contributed by atoms with Crippen LogP contribution in [0.3, 0.4) is 0 Å². The van der Waals surface area contributed by atoms with Gasteiger partial charge in [0.25, 0.3) is 0 Å². The van der Waals surface area contributed by atoms with E-state index in [0.29, 0.717) is 12.0 Å². The highest BCUT2D eigenvalue weighted by Gasteiger charge is 2.12. The standard InChI is InChI=1S/C16H36N4O.HI/c1-7-20(8-2)13-12-19-16(17-6)18-11-10-15(14(4)5)21-9-3;/h14-15H,7-13H2,1-6H3,(H2,17,18,19);1H. The topological polar surface area (TPSA) is 48.9 Å². The molecule has 0 fully saturated rings. The van der Waals surface area contributed by atoms with Crippen LogP contribution in [0.2, 0.25) is 0 Å². The van der Waals surface area contributed by atoms with E-state index in [2.05, 4.69) is 55.1 Å². The minimum atomic E-state index is 0. The van der Waals surface area contributed by atoms with Crippen LogP contribution in [0.15, 0.2) is 4.99 Å². The molecule has 0 aliphatic heterocycles. The van der Waals surface area contributed by atoms with Crippen LogP contribution in [0, 0.1) is 5.92 Å². The third-order valence-electron chi connectivity index (χ3n) is 3.68. The summed E-state index contributed by atoms with van der Waals surface area (Å²) in [6.07, 6.45) is 1.32. The van der Waals surface area contributed by atoms with Gasteiger partial charge in [-0.25, -0.2) is 0 Å². The SMILES string of the molecule is CCOC(CCNC(=NC)NCCN(CC)CC)C(C)C.I. The Bertz CT molecular complexity index is 271. The van der Waals surface area contributed by atoms with Gasteiger partial charge in [-0.3, -0.25) is 4.99 Å². The Morgan fingerprint density at radius 2 is 1.68 bits per heavy atom. The number of halogens is 1. The largest absolute Gasteiger partial charge is 0.378 e. The molecule has 0 aliphatic rings. The van der Waals surface area contributed by atoms with E-state index >= 15 is 0 Å². The first-order valence-electron chi connectivity index (χ1n) is 8.37. The van der Waals surface area contributed by atoms with Gasteiger partial charge in [-0.15, -0.1) is 24.0 Å². The minimum Gasteiger partial charge on any atom is -0.378 e. The Kier molecular flexibility index (Phi) is 17.4. The number of ether oxygens (including phenoxy) is 1. The van der Waals surface area contributed by atoms with E-state index in [0.717, 1.165) is 51.7 Å². The van der Waals surface area contributed by atoms with Gasteiger partial charge in [0.2, 0.25) is 0 Å². The molecule has 0 spiro atoms. The molecule has 134 valence electrons. The summed E-state index contributed by atoms with van der Waals surface area (Å²) in [6, 6.07) is 0. The fourth-order valence-electron chi connectivity index (χ4n) is 2.25. The van der Waals surface area contributed by atoms with Gasteiger partial charge in [0.05, 0.1) is 6.10 Å². The summed E-state index contributed by atoms with van der Waals surface area (Å²) in [5.41, 5.74) is 0. The van der Waals surface area contributed by atoms with E-state index in [1.165, 1.54) is 0 Å². The number of likely N-dealkylation sites (N-methyl/N-ethyl adjacent to an activating group) is 1. The Morgan fingerprint density at radius 1 is 1.09 bits per heavy atom. The van der Waals surface area contributed by atoms with Gasteiger partial charge in [-0.05, 0) is 32.4 Å². The second kappa shape index (κ2) is 15.8. The first-order valence-corrected chi connectivity index (χ1v) is 8.37. The third-order valence-corrected chi connectivity index (χ3v) is 3.68. The third kappa shape index (κ3) is 11.5. The number of aliphatic imine (C=N–C) groups is 1. The summed E-state index contributed by atoms with van der Waals surface area (Å²) >= 11 is 0. The highest BCUT2D eigenvalue weighted by atomic mass is 127. The van der Waals surface area contributed by atoms with Crippen molar-refractivity contribution in [3.8, 4) is 0 Å². The molecule has 0 heterocycles. The molecule has 0 saturated carbocycles. The van der Waals surface area contributed by atoms with E-state index in [1.807, 2.05) is 7.05 Å². The van der Waals surface area contributed by atoms with Crippen molar-refractivity contribution in [1.82, 2.24) is 15.5 Å². The lowest BCUT2D eigenvalue weighted by Crippen LogP contribution is -2.42. The summed E-state index contributed by atoms with van der Waals surface area (Å²) in [5, 5.41) is 6.72. The van der Waals surface area contributed by atoms with Crippen molar-refractivity contribution >= 4 is 29.9 Å². The second-order valence-corrected chi connectivity index (χ2v) is 5.48. The predicted molar refractivity (Wildman–Crippen MR) is 107 cm³/mol. The molecule has 0 amide bonds. The Morgan fingerprint density at radius 3 is 2.14 bits per heavy atom. The molecule has 22 heavy (non-hydrogen) atoms. The molecule has 0 aliphatic carbocycles. The summed E-state index contributed by atoms with van der Waals surface area (Å²) in [7, 11) is 1.81. The van der Waals surface area contributed by atoms with Gasteiger partial charge in [0.15, 0.2) is 5.96 Å². The Labute approximate surface area is 154 Å². The average molecular weight is 428 g/mol. The zero-order chi connectivity index (χ0) is 16.1. The number of nitrogens with one attached hydrogen (secondary N) is 2. The van der Waals surface area contributed by atoms with Crippen LogP contribution in [0.1, 0.15) is 41.0 Å². The number of rotatable bonds is 11. The van der Waals surface area contributed by atoms with Gasteiger partial charge >= 0.3 is 0 Å². The molecule has 0 rings (SSSR count). The van der Waals surface area contributed by atoms with Crippen molar-refractivity contribution in [2.24, 2.45) is 10.9 Å². The number of nitrogens with zero attached hydrogens (tertiary/aromatic N) is 2. The Hall–Kier alpha value is -0.0800. The maximum atomic E-state index is 5.75. The molecular formula is C16H37IN4O. The van der Waals surface area contributed by atoms with Crippen LogP contribution in [0.25, 0.3) is 0 Å². The summed E-state index contributed by atoms with van der Waals surface area (Å²) < 4.78 is 5.75. The molecule has 1 atom stereocenters. The van der Waals surface area contributed by atoms with E-state index < -0.39 is 0 Å². The fourth-order valence-corrected chi connectivity index (χ4v) is 2.25. The molecule has 0 radical (unpaired) electrons. The van der Waals surface area contributed by atoms with Crippen LogP contribution in [-0.4, -0.2) is 63.3 Å². The van der Waals surface area contributed by atoms with Crippen molar-refractivity contribution in [3.63, 3.8) is 0 Å². The van der Waals surface area contributed by atoms with Crippen molar-refractivity contribution in [2.75, 3.05) is 46.4 Å². The molecule has 5 nitrogen and oxygen atoms in total. The van der Waals surface area contributed by atoms with Gasteiger partial charge in [-0.1, -0.05) is 27.7 Å². The minimum absolute atomic E-state index is 0. The quantitative estimate of drug-likeness (QED) is 0.302. The molecule has 2 N–H and O–H groups in total. The number of hydrogen-bond donors (Lipinski definition) is 2. The zero-order valence-corrected chi connectivity index (χ0v) is 17.6. The summed E-state index contributed by atoms with van der Waals surface area (Å²) in [5.74, 6) is 1.42. The Balaban J connectivity index is 0. The monoisotopic (exact) mass is 428 g/mol. The van der Waals surface area contributed by atoms with E-state index in [-0.39, 0.29) is 24.0 Å². The van der Waals surface area contributed by atoms with Crippen LogP contribution in [0.5, 0.6) is 0 Å². The molecule has 0 aromatic rings. The first-order chi connectivity index (χ1) is 10.1. The smallest absolute Gasteiger partial charge is 0.191 e. The zero-order valence-electron chi connectivity index (χ0n) is 15.3. The highest BCUT2D eigenvalue weighted by Crippen LogP contribution is 2.09. The van der Waals surface area contributed by atoms with Crippen molar-refractivity contribution in [3.05, 3.63) is 0 Å². The lowest BCUT2D eigenvalue weighted by atomic mass is 10.0. The van der Waals surface area contributed by atoms with E-state index in [1.54, 1.807) is 0 Å². The maximum Gasteiger partial charge on any atom is 0.191 e. The molecule has 0 aromatic heterocycles. The summed E-state index contributed by atoms with van der Waals surface area (Å²) in [6.45, 7) is 16.6. The van der Waals surface area contributed by atoms with E-state index in [4.69, 9.17) is 4.74 Å². The first kappa shape index (κ1) is 24.2. The van der Waals surface area contributed by atoms with E-state index in [9.17, 15) is 0 Å². The fraction of sp³-hybridized carbons (Fsp3) is 0.938. The van der Waals surface area contributed by atoms with Gasteiger partial charge in [-0.2, -0.15) is 0 Å². The van der Waals surface area contributed by atoms with Crippen LogP contribution in [0.4, 0.5) is 0 Å². The van der Waals surface area contributed by atoms with Crippen LogP contribution in [-0.2, 0) is 4.74 Å². The number of hydrogen-bond acceptors (Lipinski definition) is 3. The lowest BCUT2D eigenvalue weighted by molar-refractivity contribution is 0.0258. The molecule has 0 bridgehead atoms. The molecule has 0 aromatic carbocycles. The summed E-state index contributed by atoms with van der Waals surface area (Å²) in [4.78, 5) is 6.65. The molecule has 6 heteroatoms. The van der Waals surface area contributed by atoms with Crippen LogP contribution >= 0.6 is 24.0 Å². The predicted octanol–water partition coefficient (Wildman–Crippen LogP) is 2.56. The normalized spacial score (nSPS) is 13.2. The number of guanidine groups is 1. The maximum absolute atomic E-state index is 5.75. The van der Waals surface area contributed by atoms with Gasteiger partial charge in [0.1, 0.15) is 0 Å². The van der Waals surface area contributed by atoms with Crippen molar-refractivity contribution in [2.45, 2.75) is 47.1 Å². The molecular weight excluding hydrogens is 391 g/mol. The van der Waals surface area contributed by atoms with Crippen LogP contribution < -0.4 is 10.6 Å². The van der Waals surface area contributed by atoms with Gasteiger partial charge < -0.3 is 20.3 Å². The lowest BCUT2D eigenvalue weighted by Gasteiger charge is -2.22.